The van der Waals surface area contributed by atoms with Crippen LogP contribution >= 0.6 is 0 Å². The lowest BCUT2D eigenvalue weighted by Gasteiger charge is -2.13. The third-order valence-corrected chi connectivity index (χ3v) is 5.06. The maximum Gasteiger partial charge on any atom is 0.305 e. The van der Waals surface area contributed by atoms with Gasteiger partial charge in [-0.05, 0) is 32.1 Å². The average molecular weight is 444 g/mol. The molecule has 0 aromatic carbocycles. The molecule has 7 heteroatoms. The number of carbonyl (C=O) groups excluding carboxylic acids is 1. The summed E-state index contributed by atoms with van der Waals surface area (Å²) >= 11 is 0. The van der Waals surface area contributed by atoms with Crippen LogP contribution in [0.25, 0.3) is 0 Å². The van der Waals surface area contributed by atoms with E-state index in [1.54, 1.807) is 0 Å². The highest BCUT2D eigenvalue weighted by atomic mass is 16.5. The van der Waals surface area contributed by atoms with Crippen LogP contribution in [0.5, 0.6) is 0 Å². The lowest BCUT2D eigenvalue weighted by atomic mass is 10.1. The second kappa shape index (κ2) is 23.4. The van der Waals surface area contributed by atoms with Gasteiger partial charge in [-0.25, -0.2) is 0 Å². The minimum Gasteiger partial charge on any atom is -0.463 e. The van der Waals surface area contributed by atoms with Crippen LogP contribution < -0.4 is 0 Å². The Hall–Kier alpha value is -1.31. The van der Waals surface area contributed by atoms with Crippen molar-refractivity contribution in [2.75, 3.05) is 26.4 Å². The van der Waals surface area contributed by atoms with Crippen LogP contribution in [0.4, 0.5) is 0 Å². The van der Waals surface area contributed by atoms with E-state index < -0.39 is 18.8 Å². The summed E-state index contributed by atoms with van der Waals surface area (Å²) in [6, 6.07) is -0.837. The fourth-order valence-corrected chi connectivity index (χ4v) is 3.11. The fourth-order valence-electron chi connectivity index (χ4n) is 3.11. The number of hydrogen-bond donors (Lipinski definition) is 2. The van der Waals surface area contributed by atoms with Crippen LogP contribution in [0.1, 0.15) is 96.8 Å². The molecule has 0 amide bonds. The molecule has 0 aliphatic carbocycles. The molecule has 2 atom stereocenters. The summed E-state index contributed by atoms with van der Waals surface area (Å²) in [5.41, 5.74) is 0. The van der Waals surface area contributed by atoms with Crippen molar-refractivity contribution in [1.29, 1.82) is 0 Å². The number of rotatable bonds is 23. The summed E-state index contributed by atoms with van der Waals surface area (Å²) in [5.74, 6) is -0.320. The number of unbranched alkanes of at least 4 members (excludes halogenated alkanes) is 11. The smallest absolute Gasteiger partial charge is 0.305 e. The van der Waals surface area contributed by atoms with Crippen LogP contribution in [0.3, 0.4) is 0 Å². The van der Waals surface area contributed by atoms with E-state index in [9.17, 15) is 14.8 Å². The molecule has 0 aliphatic heterocycles. The summed E-state index contributed by atoms with van der Waals surface area (Å²) in [6.07, 6.45) is 19.7. The Kier molecular flexibility index (Phi) is 22.4. The van der Waals surface area contributed by atoms with E-state index >= 15 is 0 Å². The van der Waals surface area contributed by atoms with Crippen molar-refractivity contribution in [1.82, 2.24) is 0 Å². The Morgan fingerprint density at radius 2 is 1.45 bits per heavy atom. The number of allylic oxidation sites excluding steroid dienone is 2. The zero-order valence-electron chi connectivity index (χ0n) is 19.5. The van der Waals surface area contributed by atoms with Gasteiger partial charge in [0.15, 0.2) is 0 Å². The first-order valence-electron chi connectivity index (χ1n) is 12.1. The molecule has 0 saturated carbocycles. The molecule has 0 aromatic heterocycles. The molecule has 0 spiro atoms. The first-order chi connectivity index (χ1) is 15.1. The first-order valence-corrected chi connectivity index (χ1v) is 12.1. The molecule has 2 unspecified atom stereocenters. The van der Waals surface area contributed by atoms with Crippen molar-refractivity contribution in [3.63, 3.8) is 0 Å². The summed E-state index contributed by atoms with van der Waals surface area (Å²) in [7, 11) is 0. The number of nitroso groups, excluding NO2 is 1. The summed E-state index contributed by atoms with van der Waals surface area (Å²) in [5, 5.41) is 21.1. The molecule has 0 aromatic rings. The highest BCUT2D eigenvalue weighted by Gasteiger charge is 2.12. The second-order valence-corrected chi connectivity index (χ2v) is 8.15. The van der Waals surface area contributed by atoms with Gasteiger partial charge in [0.05, 0.1) is 19.8 Å². The minimum absolute atomic E-state index is 0.0695. The van der Waals surface area contributed by atoms with E-state index in [2.05, 4.69) is 24.3 Å². The standard InChI is InChI=1S/C24H45NO6/c1-2-3-4-5-6-7-8-9-10-11-12-13-14-15-16-17-24(28)31-21-23(27)20-30-19-22(18-26)25-29/h9-10,22-23,26-27H,2-8,11-21H2,1H3/b10-9+. The normalized spacial score (nSPS) is 13.4. The van der Waals surface area contributed by atoms with Gasteiger partial charge < -0.3 is 19.7 Å². The highest BCUT2D eigenvalue weighted by Crippen LogP contribution is 2.10. The van der Waals surface area contributed by atoms with E-state index in [1.807, 2.05) is 0 Å². The molecular formula is C24H45NO6. The molecule has 7 nitrogen and oxygen atoms in total. The van der Waals surface area contributed by atoms with Gasteiger partial charge in [0.1, 0.15) is 18.8 Å². The van der Waals surface area contributed by atoms with Gasteiger partial charge >= 0.3 is 5.97 Å². The summed E-state index contributed by atoms with van der Waals surface area (Å²) in [6.45, 7) is 1.57. The molecule has 0 aliphatic rings. The number of aliphatic hydroxyl groups excluding tert-OH is 2. The monoisotopic (exact) mass is 443 g/mol. The van der Waals surface area contributed by atoms with E-state index in [0.29, 0.717) is 6.42 Å². The van der Waals surface area contributed by atoms with E-state index in [-0.39, 0.29) is 25.8 Å². The second-order valence-electron chi connectivity index (χ2n) is 8.15. The number of aliphatic hydroxyl groups is 2. The zero-order valence-corrected chi connectivity index (χ0v) is 19.5. The molecule has 182 valence electrons. The highest BCUT2D eigenvalue weighted by molar-refractivity contribution is 5.69. The number of carbonyl (C=O) groups is 1. The maximum absolute atomic E-state index is 11.7. The average Bonchev–Trinajstić information content (AvgIpc) is 2.78. The number of hydrogen-bond acceptors (Lipinski definition) is 7. The van der Waals surface area contributed by atoms with E-state index in [1.165, 1.54) is 57.8 Å². The number of ether oxygens (including phenoxy) is 2. The van der Waals surface area contributed by atoms with Crippen LogP contribution in [0.2, 0.25) is 0 Å². The molecule has 31 heavy (non-hydrogen) atoms. The van der Waals surface area contributed by atoms with Gasteiger partial charge in [-0.3, -0.25) is 4.79 Å². The first kappa shape index (κ1) is 29.7. The predicted octanol–water partition coefficient (Wildman–Crippen LogP) is 5.07. The van der Waals surface area contributed by atoms with Crippen molar-refractivity contribution in [3.05, 3.63) is 17.1 Å². The lowest BCUT2D eigenvalue weighted by Crippen LogP contribution is -2.26. The van der Waals surface area contributed by atoms with Crippen LogP contribution in [-0.2, 0) is 14.3 Å². The predicted molar refractivity (Wildman–Crippen MR) is 124 cm³/mol. The molecule has 2 N–H and O–H groups in total. The van der Waals surface area contributed by atoms with Crippen LogP contribution in [0, 0.1) is 4.91 Å². The Morgan fingerprint density at radius 3 is 2.03 bits per heavy atom. The third kappa shape index (κ3) is 21.7. The van der Waals surface area contributed by atoms with Gasteiger partial charge in [-0.1, -0.05) is 75.6 Å². The van der Waals surface area contributed by atoms with Gasteiger partial charge in [-0.2, -0.15) is 4.91 Å². The summed E-state index contributed by atoms with van der Waals surface area (Å²) in [4.78, 5) is 22.0. The molecule has 0 bridgehead atoms. The molecule has 0 radical (unpaired) electrons. The van der Waals surface area contributed by atoms with Crippen molar-refractivity contribution in [2.24, 2.45) is 5.18 Å². The Morgan fingerprint density at radius 1 is 0.871 bits per heavy atom. The third-order valence-electron chi connectivity index (χ3n) is 5.06. The molecule has 0 fully saturated rings. The largest absolute Gasteiger partial charge is 0.463 e. The van der Waals surface area contributed by atoms with Crippen molar-refractivity contribution < 1.29 is 24.5 Å². The van der Waals surface area contributed by atoms with Crippen molar-refractivity contribution in [2.45, 2.75) is 109 Å². The molecular weight excluding hydrogens is 398 g/mol. The van der Waals surface area contributed by atoms with Gasteiger partial charge in [0, 0.05) is 6.42 Å². The van der Waals surface area contributed by atoms with E-state index in [4.69, 9.17) is 14.6 Å². The Bertz CT molecular complexity index is 444. The quantitative estimate of drug-likeness (QED) is 0.0988. The zero-order chi connectivity index (χ0) is 23.0. The Labute approximate surface area is 188 Å². The molecule has 0 rings (SSSR count). The molecule has 0 heterocycles. The molecule has 0 saturated heterocycles. The van der Waals surface area contributed by atoms with Crippen LogP contribution in [-0.4, -0.2) is 54.8 Å². The maximum atomic E-state index is 11.7. The summed E-state index contributed by atoms with van der Waals surface area (Å²) < 4.78 is 10.1. The fraction of sp³-hybridized carbons (Fsp3) is 0.875. The van der Waals surface area contributed by atoms with Gasteiger partial charge in [0.2, 0.25) is 0 Å². The van der Waals surface area contributed by atoms with Gasteiger partial charge in [-0.15, -0.1) is 0 Å². The van der Waals surface area contributed by atoms with Crippen molar-refractivity contribution >= 4 is 5.97 Å². The lowest BCUT2D eigenvalue weighted by molar-refractivity contribution is -0.148. The minimum atomic E-state index is -0.955. The topological polar surface area (TPSA) is 105 Å². The number of nitrogens with zero attached hydrogens (tertiary/aromatic N) is 1. The Balaban J connectivity index is 3.40. The van der Waals surface area contributed by atoms with Gasteiger partial charge in [0.25, 0.3) is 0 Å². The van der Waals surface area contributed by atoms with E-state index in [0.717, 1.165) is 25.7 Å². The van der Waals surface area contributed by atoms with Crippen molar-refractivity contribution in [3.8, 4) is 0 Å². The number of esters is 1. The van der Waals surface area contributed by atoms with Crippen LogP contribution in [0.15, 0.2) is 17.3 Å². The SMILES string of the molecule is CCCCCCCC/C=C/CCCCCCCC(=O)OCC(O)COCC(CO)N=O.